The molecule has 1 aliphatic carbocycles. The average Bonchev–Trinajstić information content (AvgIpc) is 3.67. The van der Waals surface area contributed by atoms with Gasteiger partial charge >= 0.3 is 6.18 Å². The summed E-state index contributed by atoms with van der Waals surface area (Å²) in [5.41, 5.74) is -0.158. The number of ether oxygens (including phenoxy) is 1. The first-order valence-electron chi connectivity index (χ1n) is 12.9. The van der Waals surface area contributed by atoms with E-state index in [0.717, 1.165) is 6.20 Å². The standard InChI is InChI=1S/C27H29F4N5O4/c1-3-26(2)10-19(37)36(25(32)35-26)21(13-8-14(28)12-33-11-13)16-9-17(16)24(39)34-20-15-6-4-5-7-18(15)40-23(22(20)38)27(29,30)31/h4-8,11-12,16-17,20-23,38H,3,9-10H2,1-2H3,(H2,32,35)(H,34,39)/t16?,17-,20?,21?,22?,23?,26-/m1/s1. The summed E-state index contributed by atoms with van der Waals surface area (Å²) in [5, 5.41) is 24.8. The van der Waals surface area contributed by atoms with Crippen LogP contribution in [0.3, 0.4) is 0 Å². The molecule has 0 radical (unpaired) electrons. The van der Waals surface area contributed by atoms with Gasteiger partial charge < -0.3 is 20.5 Å². The molecule has 1 aromatic heterocycles. The number of alkyl halides is 3. The number of fused-ring (bicyclic) bond motifs is 1. The molecule has 4 N–H and O–H groups in total. The second kappa shape index (κ2) is 10.0. The third-order valence-electron chi connectivity index (χ3n) is 7.96. The Morgan fingerprint density at radius 1 is 1.35 bits per heavy atom. The fraction of sp³-hybridized carbons (Fsp3) is 0.481. The maximum atomic E-state index is 14.2. The van der Waals surface area contributed by atoms with E-state index in [2.05, 4.69) is 15.6 Å². The largest absolute Gasteiger partial charge is 0.478 e. The summed E-state index contributed by atoms with van der Waals surface area (Å²) in [7, 11) is 0. The maximum Gasteiger partial charge on any atom is 0.428 e. The summed E-state index contributed by atoms with van der Waals surface area (Å²) < 4.78 is 60.0. The van der Waals surface area contributed by atoms with E-state index in [-0.39, 0.29) is 41.6 Å². The van der Waals surface area contributed by atoms with Gasteiger partial charge in [-0.3, -0.25) is 24.9 Å². The van der Waals surface area contributed by atoms with Crippen LogP contribution in [0.4, 0.5) is 17.6 Å². The van der Waals surface area contributed by atoms with Crippen molar-refractivity contribution in [3.05, 3.63) is 59.7 Å². The lowest BCUT2D eigenvalue weighted by molar-refractivity contribution is -0.229. The number of guanidine groups is 1. The molecule has 1 saturated carbocycles. The van der Waals surface area contributed by atoms with Crippen molar-refractivity contribution in [3.63, 3.8) is 0 Å². The van der Waals surface area contributed by atoms with Crippen molar-refractivity contribution in [3.8, 4) is 5.75 Å². The molecule has 1 aromatic carbocycles. The highest BCUT2D eigenvalue weighted by Gasteiger charge is 2.56. The van der Waals surface area contributed by atoms with E-state index in [1.54, 1.807) is 6.07 Å². The van der Waals surface area contributed by atoms with Crippen molar-refractivity contribution >= 4 is 17.8 Å². The molecule has 2 aromatic rings. The molecule has 2 amide bonds. The molecule has 5 rings (SSSR count). The average molecular weight is 564 g/mol. The van der Waals surface area contributed by atoms with Crippen LogP contribution in [0.1, 0.15) is 56.3 Å². The molecule has 3 heterocycles. The molecule has 2 aliphatic heterocycles. The van der Waals surface area contributed by atoms with Crippen LogP contribution in [0.2, 0.25) is 0 Å². The maximum absolute atomic E-state index is 14.2. The second-order valence-electron chi connectivity index (χ2n) is 10.8. The molecule has 7 atom stereocenters. The molecular formula is C27H29F4N5O4. The Morgan fingerprint density at radius 2 is 2.08 bits per heavy atom. The minimum Gasteiger partial charge on any atom is -0.478 e. The van der Waals surface area contributed by atoms with Gasteiger partial charge in [0.1, 0.15) is 17.7 Å². The first-order chi connectivity index (χ1) is 18.8. The molecule has 214 valence electrons. The van der Waals surface area contributed by atoms with Crippen LogP contribution in [0, 0.1) is 23.1 Å². The lowest BCUT2D eigenvalue weighted by Gasteiger charge is -2.43. The number of benzene rings is 1. The number of amides is 2. The summed E-state index contributed by atoms with van der Waals surface area (Å²) in [5.74, 6) is -3.33. The van der Waals surface area contributed by atoms with E-state index in [4.69, 9.17) is 10.1 Å². The number of pyridine rings is 1. The number of aliphatic hydroxyl groups excluding tert-OH is 1. The van der Waals surface area contributed by atoms with E-state index < -0.39 is 59.6 Å². The van der Waals surface area contributed by atoms with Gasteiger partial charge in [0.15, 0.2) is 5.96 Å². The Morgan fingerprint density at radius 3 is 2.73 bits per heavy atom. The number of carbonyl (C=O) groups excluding carboxylic acids is 2. The zero-order valence-corrected chi connectivity index (χ0v) is 21.7. The number of hydrogen-bond acceptors (Lipinski definition) is 6. The van der Waals surface area contributed by atoms with Gasteiger partial charge in [-0.05, 0) is 43.4 Å². The molecule has 2 fully saturated rings. The van der Waals surface area contributed by atoms with Crippen LogP contribution in [0.5, 0.6) is 5.75 Å². The van der Waals surface area contributed by atoms with Gasteiger partial charge in [-0.1, -0.05) is 25.1 Å². The van der Waals surface area contributed by atoms with Crippen LogP contribution in [-0.2, 0) is 9.59 Å². The summed E-state index contributed by atoms with van der Waals surface area (Å²) >= 11 is 0. The van der Waals surface area contributed by atoms with Crippen molar-refractivity contribution in [2.45, 2.75) is 69.1 Å². The van der Waals surface area contributed by atoms with Crippen LogP contribution in [0.25, 0.3) is 0 Å². The monoisotopic (exact) mass is 563 g/mol. The highest BCUT2D eigenvalue weighted by molar-refractivity contribution is 5.99. The van der Waals surface area contributed by atoms with Crippen molar-refractivity contribution in [1.82, 2.24) is 20.5 Å². The molecule has 9 nitrogen and oxygen atoms in total. The fourth-order valence-electron chi connectivity index (χ4n) is 5.58. The van der Waals surface area contributed by atoms with Crippen molar-refractivity contribution in [1.29, 1.82) is 5.41 Å². The normalized spacial score (nSPS) is 30.6. The molecule has 3 aliphatic rings. The minimum atomic E-state index is -4.89. The quantitative estimate of drug-likeness (QED) is 0.399. The zero-order valence-electron chi connectivity index (χ0n) is 21.7. The molecule has 5 unspecified atom stereocenters. The number of aromatic nitrogens is 1. The van der Waals surface area contributed by atoms with Gasteiger partial charge in [0, 0.05) is 23.2 Å². The predicted octanol–water partition coefficient (Wildman–Crippen LogP) is 3.36. The van der Waals surface area contributed by atoms with Gasteiger partial charge in [0.2, 0.25) is 17.9 Å². The Kier molecular flexibility index (Phi) is 6.97. The lowest BCUT2D eigenvalue weighted by atomic mass is 9.90. The van der Waals surface area contributed by atoms with E-state index in [1.165, 1.54) is 35.4 Å². The summed E-state index contributed by atoms with van der Waals surface area (Å²) in [6, 6.07) is 4.71. The van der Waals surface area contributed by atoms with Gasteiger partial charge in [0.05, 0.1) is 24.7 Å². The third-order valence-corrected chi connectivity index (χ3v) is 7.96. The number of carbonyl (C=O) groups is 2. The Balaban J connectivity index is 1.41. The molecule has 13 heteroatoms. The second-order valence-corrected chi connectivity index (χ2v) is 10.8. The fourth-order valence-corrected chi connectivity index (χ4v) is 5.58. The van der Waals surface area contributed by atoms with Gasteiger partial charge in [0.25, 0.3) is 0 Å². The van der Waals surface area contributed by atoms with Crippen LogP contribution in [-0.4, -0.2) is 56.7 Å². The highest BCUT2D eigenvalue weighted by atomic mass is 19.4. The van der Waals surface area contributed by atoms with Gasteiger partial charge in [-0.2, -0.15) is 13.2 Å². The van der Waals surface area contributed by atoms with E-state index >= 15 is 0 Å². The predicted molar refractivity (Wildman–Crippen MR) is 133 cm³/mol. The Bertz CT molecular complexity index is 1320. The van der Waals surface area contributed by atoms with Crippen LogP contribution in [0.15, 0.2) is 42.7 Å². The summed E-state index contributed by atoms with van der Waals surface area (Å²) in [6.07, 6.45) is -6.31. The number of hydrogen-bond donors (Lipinski definition) is 4. The Labute approximate surface area is 227 Å². The topological polar surface area (TPSA) is 128 Å². The molecule has 0 spiro atoms. The van der Waals surface area contributed by atoms with E-state index in [1.807, 2.05) is 13.8 Å². The zero-order chi connectivity index (χ0) is 29.0. The third kappa shape index (κ3) is 5.09. The van der Waals surface area contributed by atoms with Crippen LogP contribution < -0.4 is 15.4 Å². The number of nitrogens with zero attached hydrogens (tertiary/aromatic N) is 2. The number of rotatable bonds is 6. The highest BCUT2D eigenvalue weighted by Crippen LogP contribution is 2.52. The summed E-state index contributed by atoms with van der Waals surface area (Å²) in [6.45, 7) is 3.69. The molecule has 40 heavy (non-hydrogen) atoms. The molecule has 0 bridgehead atoms. The van der Waals surface area contributed by atoms with Gasteiger partial charge in [-0.15, -0.1) is 0 Å². The van der Waals surface area contributed by atoms with Gasteiger partial charge in [-0.25, -0.2) is 4.39 Å². The van der Waals surface area contributed by atoms with Crippen molar-refractivity contribution in [2.75, 3.05) is 0 Å². The first kappa shape index (κ1) is 27.8. The minimum absolute atomic E-state index is 0.0680. The van der Waals surface area contributed by atoms with E-state index in [0.29, 0.717) is 6.42 Å². The smallest absolute Gasteiger partial charge is 0.428 e. The number of halogens is 4. The molecular weight excluding hydrogens is 534 g/mol. The number of nitrogens with one attached hydrogen (secondary N) is 3. The van der Waals surface area contributed by atoms with Crippen molar-refractivity contribution < 1.29 is 37.0 Å². The number of para-hydroxylation sites is 1. The first-order valence-corrected chi connectivity index (χ1v) is 12.9. The number of aliphatic hydroxyl groups is 1. The lowest BCUT2D eigenvalue weighted by Crippen LogP contribution is -2.61. The SMILES string of the molecule is CC[C@]1(C)CC(=O)N(C(c2cncc(F)c2)C2C[C@H]2C(=O)NC2c3ccccc3OC(C(F)(F)F)C2O)C(=N)N1. The summed E-state index contributed by atoms with van der Waals surface area (Å²) in [4.78, 5) is 31.8. The van der Waals surface area contributed by atoms with Crippen molar-refractivity contribution in [2.24, 2.45) is 11.8 Å². The molecule has 1 saturated heterocycles. The van der Waals surface area contributed by atoms with E-state index in [9.17, 15) is 32.3 Å². The Hall–Kier alpha value is -3.74. The van der Waals surface area contributed by atoms with Crippen LogP contribution >= 0.6 is 0 Å².